The highest BCUT2D eigenvalue weighted by Gasteiger charge is 2.09. The topological polar surface area (TPSA) is 79.2 Å². The Hall–Kier alpha value is -2.35. The number of nitrogens with zero attached hydrogens (tertiary/aromatic N) is 1. The predicted octanol–water partition coefficient (Wildman–Crippen LogP) is 2.02. The Morgan fingerprint density at radius 3 is 2.72 bits per heavy atom. The Labute approximate surface area is 105 Å². The highest BCUT2D eigenvalue weighted by Crippen LogP contribution is 2.17. The third-order valence-corrected chi connectivity index (χ3v) is 2.25. The van der Waals surface area contributed by atoms with Crippen LogP contribution in [0.25, 0.3) is 0 Å². The van der Waals surface area contributed by atoms with E-state index in [4.69, 9.17) is 10.00 Å². The van der Waals surface area contributed by atoms with Crippen molar-refractivity contribution >= 4 is 17.6 Å². The van der Waals surface area contributed by atoms with Gasteiger partial charge in [0.15, 0.2) is 0 Å². The Kier molecular flexibility index (Phi) is 4.88. The molecule has 18 heavy (non-hydrogen) atoms. The maximum atomic E-state index is 11.5. The van der Waals surface area contributed by atoms with Crippen LogP contribution in [0.1, 0.15) is 29.3 Å². The van der Waals surface area contributed by atoms with Gasteiger partial charge in [0.05, 0.1) is 18.2 Å². The van der Waals surface area contributed by atoms with Gasteiger partial charge in [-0.3, -0.25) is 4.79 Å². The van der Waals surface area contributed by atoms with Crippen molar-refractivity contribution in [3.05, 3.63) is 29.3 Å². The first-order chi connectivity index (χ1) is 8.58. The fourth-order valence-corrected chi connectivity index (χ4v) is 1.41. The van der Waals surface area contributed by atoms with E-state index < -0.39 is 5.97 Å². The number of ether oxygens (including phenoxy) is 1. The molecule has 5 heteroatoms. The number of benzene rings is 1. The van der Waals surface area contributed by atoms with Crippen LogP contribution in [0, 0.1) is 18.3 Å². The average molecular weight is 246 g/mol. The van der Waals surface area contributed by atoms with Crippen LogP contribution in [0.3, 0.4) is 0 Å². The molecular weight excluding hydrogens is 232 g/mol. The monoisotopic (exact) mass is 246 g/mol. The van der Waals surface area contributed by atoms with Crippen molar-refractivity contribution in [1.29, 1.82) is 5.26 Å². The van der Waals surface area contributed by atoms with Crippen molar-refractivity contribution in [2.45, 2.75) is 20.3 Å². The first kappa shape index (κ1) is 13.7. The molecule has 0 atom stereocenters. The molecule has 0 saturated heterocycles. The van der Waals surface area contributed by atoms with E-state index >= 15 is 0 Å². The normalized spacial score (nSPS) is 9.39. The lowest BCUT2D eigenvalue weighted by atomic mass is 10.1. The molecule has 1 N–H and O–H groups in total. The van der Waals surface area contributed by atoms with Crippen LogP contribution in [0.2, 0.25) is 0 Å². The fraction of sp³-hybridized carbons (Fsp3) is 0.308. The lowest BCUT2D eigenvalue weighted by Crippen LogP contribution is -2.12. The second-order valence-corrected chi connectivity index (χ2v) is 3.63. The van der Waals surface area contributed by atoms with Crippen molar-refractivity contribution in [3.63, 3.8) is 0 Å². The number of hydrogen-bond donors (Lipinski definition) is 1. The van der Waals surface area contributed by atoms with E-state index in [2.05, 4.69) is 5.32 Å². The SMILES string of the molecule is CCOC(=O)c1ccc(NC(=O)CC#N)c(C)c1. The maximum Gasteiger partial charge on any atom is 0.338 e. The van der Waals surface area contributed by atoms with E-state index in [1.165, 1.54) is 0 Å². The van der Waals surface area contributed by atoms with E-state index in [-0.39, 0.29) is 12.3 Å². The van der Waals surface area contributed by atoms with Gasteiger partial charge >= 0.3 is 5.97 Å². The number of aryl methyl sites for hydroxylation is 1. The fourth-order valence-electron chi connectivity index (χ4n) is 1.41. The average Bonchev–Trinajstić information content (AvgIpc) is 2.32. The van der Waals surface area contributed by atoms with Gasteiger partial charge < -0.3 is 10.1 Å². The number of esters is 1. The summed E-state index contributed by atoms with van der Waals surface area (Å²) in [5.41, 5.74) is 1.77. The first-order valence-electron chi connectivity index (χ1n) is 5.53. The van der Waals surface area contributed by atoms with Crippen LogP contribution in [0.4, 0.5) is 5.69 Å². The molecule has 5 nitrogen and oxygen atoms in total. The number of nitrogens with one attached hydrogen (secondary N) is 1. The minimum Gasteiger partial charge on any atom is -0.462 e. The van der Waals surface area contributed by atoms with Gasteiger partial charge in [-0.15, -0.1) is 0 Å². The number of anilines is 1. The number of nitriles is 1. The standard InChI is InChI=1S/C13H14N2O3/c1-3-18-13(17)10-4-5-11(9(2)8-10)15-12(16)6-7-14/h4-5,8H,3,6H2,1-2H3,(H,15,16). The zero-order valence-electron chi connectivity index (χ0n) is 10.3. The molecule has 0 unspecified atom stereocenters. The predicted molar refractivity (Wildman–Crippen MR) is 66.0 cm³/mol. The largest absolute Gasteiger partial charge is 0.462 e. The summed E-state index contributed by atoms with van der Waals surface area (Å²) >= 11 is 0. The van der Waals surface area contributed by atoms with Gasteiger partial charge in [0.1, 0.15) is 6.42 Å². The van der Waals surface area contributed by atoms with E-state index in [1.807, 2.05) is 0 Å². The quantitative estimate of drug-likeness (QED) is 0.824. The molecule has 0 aliphatic carbocycles. The van der Waals surface area contributed by atoms with Crippen LogP contribution >= 0.6 is 0 Å². The van der Waals surface area contributed by atoms with Gasteiger partial charge in [-0.25, -0.2) is 4.79 Å². The summed E-state index contributed by atoms with van der Waals surface area (Å²) in [5.74, 6) is -0.764. The van der Waals surface area contributed by atoms with Gasteiger partial charge in [0.2, 0.25) is 5.91 Å². The Bertz CT molecular complexity index is 503. The zero-order valence-corrected chi connectivity index (χ0v) is 10.3. The summed E-state index contributed by atoms with van der Waals surface area (Å²) in [4.78, 5) is 22.7. The molecule has 0 aliphatic heterocycles. The molecule has 94 valence electrons. The summed E-state index contributed by atoms with van der Waals surface area (Å²) in [5, 5.41) is 11.0. The Balaban J connectivity index is 2.83. The molecule has 0 heterocycles. The van der Waals surface area contributed by atoms with Crippen molar-refractivity contribution in [2.75, 3.05) is 11.9 Å². The molecule has 0 saturated carbocycles. The van der Waals surface area contributed by atoms with Crippen LogP contribution in [-0.4, -0.2) is 18.5 Å². The van der Waals surface area contributed by atoms with Crippen molar-refractivity contribution < 1.29 is 14.3 Å². The number of carbonyl (C=O) groups is 2. The molecule has 0 fully saturated rings. The maximum absolute atomic E-state index is 11.5. The molecule has 1 rings (SSSR count). The van der Waals surface area contributed by atoms with Crippen LogP contribution in [0.5, 0.6) is 0 Å². The molecule has 0 aromatic heterocycles. The lowest BCUT2D eigenvalue weighted by molar-refractivity contribution is -0.115. The molecule has 1 aromatic rings. The minimum absolute atomic E-state index is 0.195. The van der Waals surface area contributed by atoms with Gasteiger partial charge in [0.25, 0.3) is 0 Å². The number of hydrogen-bond acceptors (Lipinski definition) is 4. The number of amides is 1. The van der Waals surface area contributed by atoms with E-state index in [0.717, 1.165) is 5.56 Å². The van der Waals surface area contributed by atoms with Crippen molar-refractivity contribution in [2.24, 2.45) is 0 Å². The van der Waals surface area contributed by atoms with Crippen LogP contribution in [-0.2, 0) is 9.53 Å². The third-order valence-electron chi connectivity index (χ3n) is 2.25. The second-order valence-electron chi connectivity index (χ2n) is 3.63. The van der Waals surface area contributed by atoms with Gasteiger partial charge in [0, 0.05) is 5.69 Å². The van der Waals surface area contributed by atoms with E-state index in [1.54, 1.807) is 38.1 Å². The highest BCUT2D eigenvalue weighted by molar-refractivity contribution is 5.94. The summed E-state index contributed by atoms with van der Waals surface area (Å²) in [7, 11) is 0. The van der Waals surface area contributed by atoms with Crippen molar-refractivity contribution in [1.82, 2.24) is 0 Å². The summed E-state index contributed by atoms with van der Waals surface area (Å²) in [6.45, 7) is 3.82. The smallest absolute Gasteiger partial charge is 0.338 e. The Morgan fingerprint density at radius 1 is 1.44 bits per heavy atom. The van der Waals surface area contributed by atoms with Gasteiger partial charge in [-0.1, -0.05) is 0 Å². The molecular formula is C13H14N2O3. The first-order valence-corrected chi connectivity index (χ1v) is 5.53. The molecule has 0 bridgehead atoms. The van der Waals surface area contributed by atoms with E-state index in [9.17, 15) is 9.59 Å². The molecule has 0 spiro atoms. The molecule has 1 aromatic carbocycles. The van der Waals surface area contributed by atoms with Crippen molar-refractivity contribution in [3.8, 4) is 6.07 Å². The summed E-state index contributed by atoms with van der Waals surface area (Å²) in [6, 6.07) is 6.60. The summed E-state index contributed by atoms with van der Waals surface area (Å²) in [6.07, 6.45) is -0.195. The highest BCUT2D eigenvalue weighted by atomic mass is 16.5. The molecule has 1 amide bonds. The number of carbonyl (C=O) groups excluding carboxylic acids is 2. The Morgan fingerprint density at radius 2 is 2.17 bits per heavy atom. The van der Waals surface area contributed by atoms with Gasteiger partial charge in [-0.05, 0) is 37.6 Å². The molecule has 0 radical (unpaired) electrons. The van der Waals surface area contributed by atoms with Crippen LogP contribution in [0.15, 0.2) is 18.2 Å². The second kappa shape index (κ2) is 6.40. The lowest BCUT2D eigenvalue weighted by Gasteiger charge is -2.08. The van der Waals surface area contributed by atoms with Crippen LogP contribution < -0.4 is 5.32 Å². The van der Waals surface area contributed by atoms with Gasteiger partial charge in [-0.2, -0.15) is 5.26 Å². The summed E-state index contributed by atoms with van der Waals surface area (Å²) < 4.78 is 4.87. The van der Waals surface area contributed by atoms with E-state index in [0.29, 0.717) is 17.9 Å². The zero-order chi connectivity index (χ0) is 13.5. The third kappa shape index (κ3) is 3.59. The molecule has 0 aliphatic rings. The minimum atomic E-state index is -0.393. The number of rotatable bonds is 4.